The van der Waals surface area contributed by atoms with Gasteiger partial charge in [0.25, 0.3) is 0 Å². The molecule has 0 aliphatic rings. The minimum Gasteiger partial charge on any atom is -0.479 e. The van der Waals surface area contributed by atoms with Gasteiger partial charge < -0.3 is 9.84 Å². The van der Waals surface area contributed by atoms with Gasteiger partial charge in [0.2, 0.25) is 0 Å². The third kappa shape index (κ3) is 3.48. The van der Waals surface area contributed by atoms with Crippen molar-refractivity contribution in [3.8, 4) is 5.75 Å². The molecular weight excluding hydrogens is 276 g/mol. The molecule has 1 atom stereocenters. The predicted molar refractivity (Wildman–Crippen MR) is 87.4 cm³/mol. The molecule has 0 aliphatic heterocycles. The third-order valence-corrected chi connectivity index (χ3v) is 4.00. The summed E-state index contributed by atoms with van der Waals surface area (Å²) >= 11 is 0. The number of carboxylic acids is 1. The van der Waals surface area contributed by atoms with Crippen LogP contribution in [0.3, 0.4) is 0 Å². The number of carboxylic acid groups (broad SMARTS) is 1. The van der Waals surface area contributed by atoms with Gasteiger partial charge in [-0.15, -0.1) is 0 Å². The molecule has 116 valence electrons. The van der Waals surface area contributed by atoms with E-state index in [0.717, 1.165) is 5.56 Å². The largest absolute Gasteiger partial charge is 0.479 e. The van der Waals surface area contributed by atoms with Crippen LogP contribution in [-0.4, -0.2) is 17.2 Å². The summed E-state index contributed by atoms with van der Waals surface area (Å²) in [4.78, 5) is 11.0. The monoisotopic (exact) mass is 298 g/mol. The van der Waals surface area contributed by atoms with Crippen molar-refractivity contribution >= 4 is 5.97 Å². The molecule has 0 unspecified atom stereocenters. The Morgan fingerprint density at radius 2 is 1.59 bits per heavy atom. The summed E-state index contributed by atoms with van der Waals surface area (Å²) in [6.45, 7) is 6.14. The lowest BCUT2D eigenvalue weighted by Gasteiger charge is -2.26. The molecule has 22 heavy (non-hydrogen) atoms. The van der Waals surface area contributed by atoms with Gasteiger partial charge in [0.15, 0.2) is 6.10 Å². The van der Waals surface area contributed by atoms with Crippen LogP contribution in [0.4, 0.5) is 0 Å². The van der Waals surface area contributed by atoms with Crippen LogP contribution < -0.4 is 4.74 Å². The van der Waals surface area contributed by atoms with E-state index < -0.39 is 12.1 Å². The molecule has 2 rings (SSSR count). The van der Waals surface area contributed by atoms with Crippen molar-refractivity contribution in [3.63, 3.8) is 0 Å². The van der Waals surface area contributed by atoms with E-state index in [-0.39, 0.29) is 5.41 Å². The van der Waals surface area contributed by atoms with E-state index in [9.17, 15) is 4.79 Å². The van der Waals surface area contributed by atoms with Crippen LogP contribution in [0.2, 0.25) is 0 Å². The maximum Gasteiger partial charge on any atom is 0.344 e. The highest BCUT2D eigenvalue weighted by Crippen LogP contribution is 2.32. The standard InChI is InChI=1S/C19H22O3/c1-4-17(18(20)21)22-16-12-10-15(11-13-16)19(2,3)14-8-6-5-7-9-14/h5-13,17H,4H2,1-3H3,(H,20,21)/t17-/m0/s1. The molecule has 0 amide bonds. The lowest BCUT2D eigenvalue weighted by atomic mass is 9.78. The topological polar surface area (TPSA) is 46.5 Å². The smallest absolute Gasteiger partial charge is 0.344 e. The average Bonchev–Trinajstić information content (AvgIpc) is 2.53. The van der Waals surface area contributed by atoms with Crippen LogP contribution in [0.1, 0.15) is 38.3 Å². The van der Waals surface area contributed by atoms with Gasteiger partial charge in [0.1, 0.15) is 5.75 Å². The molecule has 3 nitrogen and oxygen atoms in total. The summed E-state index contributed by atoms with van der Waals surface area (Å²) < 4.78 is 5.50. The molecule has 0 saturated heterocycles. The van der Waals surface area contributed by atoms with Crippen molar-refractivity contribution in [1.82, 2.24) is 0 Å². The summed E-state index contributed by atoms with van der Waals surface area (Å²) in [7, 11) is 0. The van der Waals surface area contributed by atoms with Crippen molar-refractivity contribution < 1.29 is 14.6 Å². The third-order valence-electron chi connectivity index (χ3n) is 4.00. The Hall–Kier alpha value is -2.29. The van der Waals surface area contributed by atoms with Crippen LogP contribution in [0.15, 0.2) is 54.6 Å². The molecule has 0 heterocycles. The summed E-state index contributed by atoms with van der Waals surface area (Å²) in [5.74, 6) is -0.349. The van der Waals surface area contributed by atoms with Gasteiger partial charge in [-0.05, 0) is 29.7 Å². The number of benzene rings is 2. The second kappa shape index (κ2) is 6.65. The molecule has 2 aromatic carbocycles. The zero-order valence-corrected chi connectivity index (χ0v) is 13.2. The first kappa shape index (κ1) is 16.1. The summed E-state index contributed by atoms with van der Waals surface area (Å²) in [6, 6.07) is 18.0. The van der Waals surface area contributed by atoms with Crippen molar-refractivity contribution in [2.75, 3.05) is 0 Å². The fourth-order valence-electron chi connectivity index (χ4n) is 2.44. The molecule has 0 spiro atoms. The van der Waals surface area contributed by atoms with E-state index in [4.69, 9.17) is 9.84 Å². The first-order valence-electron chi connectivity index (χ1n) is 7.50. The van der Waals surface area contributed by atoms with Gasteiger partial charge in [-0.2, -0.15) is 0 Å². The molecule has 3 heteroatoms. The lowest BCUT2D eigenvalue weighted by Crippen LogP contribution is -2.26. The Bertz CT molecular complexity index is 615. The van der Waals surface area contributed by atoms with Gasteiger partial charge >= 0.3 is 5.97 Å². The Balaban J connectivity index is 2.20. The number of carbonyl (C=O) groups is 1. The maximum atomic E-state index is 11.0. The fraction of sp³-hybridized carbons (Fsp3) is 0.316. The molecule has 0 bridgehead atoms. The Morgan fingerprint density at radius 1 is 1.05 bits per heavy atom. The Morgan fingerprint density at radius 3 is 2.09 bits per heavy atom. The maximum absolute atomic E-state index is 11.0. The lowest BCUT2D eigenvalue weighted by molar-refractivity contribution is -0.145. The predicted octanol–water partition coefficient (Wildman–Crippen LogP) is 4.25. The minimum absolute atomic E-state index is 0.114. The fourth-order valence-corrected chi connectivity index (χ4v) is 2.44. The van der Waals surface area contributed by atoms with Gasteiger partial charge in [-0.3, -0.25) is 0 Å². The molecule has 0 aromatic heterocycles. The van der Waals surface area contributed by atoms with Crippen molar-refractivity contribution in [2.24, 2.45) is 0 Å². The first-order chi connectivity index (χ1) is 10.4. The number of aliphatic carboxylic acids is 1. The SMILES string of the molecule is CC[C@H](Oc1ccc(C(C)(C)c2ccccc2)cc1)C(=O)O. The highest BCUT2D eigenvalue weighted by molar-refractivity contribution is 5.72. The second-order valence-electron chi connectivity index (χ2n) is 5.87. The summed E-state index contributed by atoms with van der Waals surface area (Å²) in [5.41, 5.74) is 2.28. The van der Waals surface area contributed by atoms with Gasteiger partial charge in [-0.1, -0.05) is 63.2 Å². The van der Waals surface area contributed by atoms with Crippen LogP contribution in [0.25, 0.3) is 0 Å². The van der Waals surface area contributed by atoms with Crippen LogP contribution in [0, 0.1) is 0 Å². The van der Waals surface area contributed by atoms with Gasteiger partial charge in [-0.25, -0.2) is 4.79 Å². The molecular formula is C19H22O3. The van der Waals surface area contributed by atoms with Crippen LogP contribution in [-0.2, 0) is 10.2 Å². The van der Waals surface area contributed by atoms with E-state index in [1.165, 1.54) is 5.56 Å². The first-order valence-corrected chi connectivity index (χ1v) is 7.50. The highest BCUT2D eigenvalue weighted by Gasteiger charge is 2.23. The van der Waals surface area contributed by atoms with Crippen molar-refractivity contribution in [3.05, 3.63) is 65.7 Å². The van der Waals surface area contributed by atoms with E-state index in [2.05, 4.69) is 26.0 Å². The van der Waals surface area contributed by atoms with Gasteiger partial charge in [0, 0.05) is 5.41 Å². The second-order valence-corrected chi connectivity index (χ2v) is 5.87. The van der Waals surface area contributed by atoms with Crippen molar-refractivity contribution in [2.45, 2.75) is 38.7 Å². The number of rotatable bonds is 6. The van der Waals surface area contributed by atoms with E-state index in [1.807, 2.05) is 42.5 Å². The Kier molecular flexibility index (Phi) is 4.86. The zero-order valence-electron chi connectivity index (χ0n) is 13.2. The molecule has 0 radical (unpaired) electrons. The summed E-state index contributed by atoms with van der Waals surface area (Å²) in [6.07, 6.45) is -0.361. The molecule has 0 fully saturated rings. The molecule has 1 N–H and O–H groups in total. The number of hydrogen-bond donors (Lipinski definition) is 1. The van der Waals surface area contributed by atoms with Crippen molar-refractivity contribution in [1.29, 1.82) is 0 Å². The van der Waals surface area contributed by atoms with E-state index in [0.29, 0.717) is 12.2 Å². The van der Waals surface area contributed by atoms with Crippen LogP contribution in [0.5, 0.6) is 5.75 Å². The number of hydrogen-bond acceptors (Lipinski definition) is 2. The molecule has 0 saturated carbocycles. The van der Waals surface area contributed by atoms with E-state index >= 15 is 0 Å². The van der Waals surface area contributed by atoms with Crippen LogP contribution >= 0.6 is 0 Å². The van der Waals surface area contributed by atoms with E-state index in [1.54, 1.807) is 6.92 Å². The molecule has 2 aromatic rings. The highest BCUT2D eigenvalue weighted by atomic mass is 16.5. The minimum atomic E-state index is -0.934. The number of ether oxygens (including phenoxy) is 1. The van der Waals surface area contributed by atoms with Gasteiger partial charge in [0.05, 0.1) is 0 Å². The quantitative estimate of drug-likeness (QED) is 0.867. The average molecular weight is 298 g/mol. The summed E-state index contributed by atoms with van der Waals surface area (Å²) in [5, 5.41) is 9.04. The molecule has 0 aliphatic carbocycles. The Labute approximate surface area is 131 Å². The normalized spacial score (nSPS) is 12.7. The zero-order chi connectivity index (χ0) is 16.2.